The van der Waals surface area contributed by atoms with Gasteiger partial charge in [-0.2, -0.15) is 0 Å². The van der Waals surface area contributed by atoms with Gasteiger partial charge in [0, 0.05) is 81.4 Å². The molecule has 5 heterocycles. The number of nitrogens with zero attached hydrogens (tertiary/aromatic N) is 2. The molecule has 0 bridgehead atoms. The van der Waals surface area contributed by atoms with Crippen molar-refractivity contribution in [2.45, 2.75) is 186 Å². The van der Waals surface area contributed by atoms with Gasteiger partial charge in [0.1, 0.15) is 29.7 Å². The van der Waals surface area contributed by atoms with Gasteiger partial charge in [0.15, 0.2) is 16.7 Å². The lowest BCUT2D eigenvalue weighted by Gasteiger charge is -2.49. The number of methoxy groups -OCH3 is 1. The zero-order valence-corrected chi connectivity index (χ0v) is 50.1. The highest BCUT2D eigenvalue weighted by atomic mass is 127. The molecule has 3 saturated heterocycles. The van der Waals surface area contributed by atoms with Crippen LogP contribution in [-0.2, 0) is 38.0 Å². The van der Waals surface area contributed by atoms with Crippen LogP contribution < -0.4 is 5.32 Å². The van der Waals surface area contributed by atoms with Gasteiger partial charge >= 0.3 is 5.97 Å². The minimum atomic E-state index is -1.87. The summed E-state index contributed by atoms with van der Waals surface area (Å²) in [5, 5.41) is 62.4. The van der Waals surface area contributed by atoms with Crippen molar-refractivity contribution in [2.24, 2.45) is 17.8 Å². The molecule has 3 aromatic rings. The van der Waals surface area contributed by atoms with E-state index in [0.717, 1.165) is 36.2 Å². The van der Waals surface area contributed by atoms with E-state index in [2.05, 4.69) is 17.4 Å². The number of nitrogens with one attached hydrogen (secondary N) is 1. The number of alkyl halides is 1. The number of esters is 1. The molecule has 4 aliphatic heterocycles. The van der Waals surface area contributed by atoms with Crippen LogP contribution in [0.3, 0.4) is 0 Å². The van der Waals surface area contributed by atoms with E-state index in [1.165, 1.54) is 37.5 Å². The third-order valence-corrected chi connectivity index (χ3v) is 20.0. The predicted octanol–water partition coefficient (Wildman–Crippen LogP) is 7.47. The van der Waals surface area contributed by atoms with E-state index in [9.17, 15) is 39.5 Å². The molecule has 20 heteroatoms. The van der Waals surface area contributed by atoms with Crippen LogP contribution in [-0.4, -0.2) is 176 Å². The minimum absolute atomic E-state index is 0.0845. The average Bonchev–Trinajstić information content (AvgIpc) is 3.78. The van der Waals surface area contributed by atoms with E-state index >= 15 is 0 Å². The molecule has 428 valence electrons. The quantitative estimate of drug-likeness (QED) is 0.0267. The SMILES string of the molecule is CO[C@]1(C)C[C@H](O[C@H]2[C@H](C)[C@@H](O[C@@H]3O[C@H](C)C[C@H](N(C)CCCNC(=O)/C=C/c4cc5c(s4)-c4cc(F)ccc4Sc4ccccc4-5)[C@H]3O)[C@](C)(O)C[C@@H](C)CN(C)[C@H](C)[C@@H](O)[C@](C)(O)[C@@H](I)OC(=O)[C@@H]2C)O[C@@H](C)[C@@H]1O. The number of hydrogen-bond acceptors (Lipinski definition) is 17. The third-order valence-electron chi connectivity index (χ3n) is 16.2. The Morgan fingerprint density at radius 3 is 2.38 bits per heavy atom. The molecule has 6 N–H and O–H groups in total. The van der Waals surface area contributed by atoms with Crippen LogP contribution in [0.2, 0.25) is 0 Å². The highest BCUT2D eigenvalue weighted by molar-refractivity contribution is 14.1. The molecule has 4 aliphatic rings. The number of carbonyl (C=O) groups is 2. The molecule has 1 amide bonds. The van der Waals surface area contributed by atoms with E-state index in [0.29, 0.717) is 32.5 Å². The van der Waals surface area contributed by atoms with Crippen molar-refractivity contribution in [1.29, 1.82) is 0 Å². The minimum Gasteiger partial charge on any atom is -0.448 e. The van der Waals surface area contributed by atoms with Crippen molar-refractivity contribution in [3.8, 4) is 21.6 Å². The second-order valence-corrected chi connectivity index (χ2v) is 26.0. The van der Waals surface area contributed by atoms with Crippen LogP contribution in [0.1, 0.15) is 92.9 Å². The summed E-state index contributed by atoms with van der Waals surface area (Å²) in [7, 11) is 5.21. The first-order valence-electron chi connectivity index (χ1n) is 26.7. The first kappa shape index (κ1) is 62.0. The fourth-order valence-electron chi connectivity index (χ4n) is 11.6. The molecule has 16 nitrogen and oxygen atoms in total. The maximum Gasteiger partial charge on any atom is 0.312 e. The summed E-state index contributed by atoms with van der Waals surface area (Å²) in [5.41, 5.74) is -1.73. The van der Waals surface area contributed by atoms with Crippen LogP contribution in [0.5, 0.6) is 0 Å². The molecule has 1 aromatic heterocycles. The van der Waals surface area contributed by atoms with Gasteiger partial charge in [-0.05, 0) is 159 Å². The number of hydrogen-bond donors (Lipinski definition) is 6. The Labute approximate surface area is 475 Å². The van der Waals surface area contributed by atoms with Crippen molar-refractivity contribution in [2.75, 3.05) is 40.8 Å². The molecule has 18 atom stereocenters. The average molecular weight is 1230 g/mol. The number of amides is 1. The first-order chi connectivity index (χ1) is 36.1. The summed E-state index contributed by atoms with van der Waals surface area (Å²) in [5.74, 6) is -3.46. The van der Waals surface area contributed by atoms with Crippen LogP contribution in [0.15, 0.2) is 64.4 Å². The maximum absolute atomic E-state index is 14.5. The number of aliphatic hydroxyl groups is 5. The van der Waals surface area contributed by atoms with Crippen molar-refractivity contribution < 1.29 is 67.9 Å². The Balaban J connectivity index is 1.07. The number of thiophene rings is 1. The number of benzene rings is 2. The van der Waals surface area contributed by atoms with Gasteiger partial charge < -0.3 is 69.1 Å². The van der Waals surface area contributed by atoms with Gasteiger partial charge in [-0.15, -0.1) is 11.3 Å². The number of likely N-dealkylation sites (N-methyl/N-ethyl adjacent to an activating group) is 2. The number of ether oxygens (including phenoxy) is 6. The van der Waals surface area contributed by atoms with Gasteiger partial charge in [-0.25, -0.2) is 4.39 Å². The Bertz CT molecular complexity index is 2540. The van der Waals surface area contributed by atoms with Crippen molar-refractivity contribution >= 4 is 63.6 Å². The van der Waals surface area contributed by atoms with Gasteiger partial charge in [0.05, 0.1) is 41.5 Å². The molecule has 0 unspecified atom stereocenters. The Hall–Kier alpha value is -2.65. The lowest BCUT2D eigenvalue weighted by molar-refractivity contribution is -0.318. The smallest absolute Gasteiger partial charge is 0.312 e. The van der Waals surface area contributed by atoms with Crippen LogP contribution >= 0.6 is 45.7 Å². The van der Waals surface area contributed by atoms with E-state index in [-0.39, 0.29) is 36.6 Å². The number of halogens is 2. The molecule has 0 radical (unpaired) electrons. The summed E-state index contributed by atoms with van der Waals surface area (Å²) < 4.78 is 51.4. The van der Waals surface area contributed by atoms with E-state index in [1.54, 1.807) is 65.4 Å². The Kier molecular flexibility index (Phi) is 20.6. The number of carbonyl (C=O) groups excluding carboxylic acids is 2. The topological polar surface area (TPSA) is 209 Å². The zero-order chi connectivity index (χ0) is 56.5. The van der Waals surface area contributed by atoms with Crippen molar-refractivity contribution in [3.63, 3.8) is 0 Å². The van der Waals surface area contributed by atoms with Gasteiger partial charge in [-0.1, -0.05) is 43.8 Å². The first-order valence-corrected chi connectivity index (χ1v) is 29.6. The third kappa shape index (κ3) is 14.2. The molecule has 3 fully saturated rings. The number of rotatable bonds is 12. The highest BCUT2D eigenvalue weighted by Gasteiger charge is 2.53. The molecule has 0 spiro atoms. The molecule has 7 rings (SSSR count). The maximum atomic E-state index is 14.5. The second kappa shape index (κ2) is 25.6. The Morgan fingerprint density at radius 1 is 0.961 bits per heavy atom. The second-order valence-electron chi connectivity index (χ2n) is 22.7. The van der Waals surface area contributed by atoms with Crippen LogP contribution in [0, 0.1) is 23.6 Å². The van der Waals surface area contributed by atoms with Crippen molar-refractivity contribution in [1.82, 2.24) is 15.1 Å². The molecular formula is C57H81FIN3O13S2. The summed E-state index contributed by atoms with van der Waals surface area (Å²) in [6.07, 6.45) is -4.59. The molecule has 0 saturated carbocycles. The fraction of sp³-hybridized carbons (Fsp3) is 0.649. The van der Waals surface area contributed by atoms with Crippen LogP contribution in [0.4, 0.5) is 4.39 Å². The predicted molar refractivity (Wildman–Crippen MR) is 303 cm³/mol. The lowest BCUT2D eigenvalue weighted by Crippen LogP contribution is -2.60. The number of fused-ring (bicyclic) bond motifs is 5. The van der Waals surface area contributed by atoms with E-state index in [4.69, 9.17) is 28.4 Å². The summed E-state index contributed by atoms with van der Waals surface area (Å²) in [6, 6.07) is 14.0. The number of cyclic esters (lactones) is 1. The largest absolute Gasteiger partial charge is 0.448 e. The summed E-state index contributed by atoms with van der Waals surface area (Å²) in [4.78, 5) is 35.3. The molecule has 2 aromatic carbocycles. The molecule has 77 heavy (non-hydrogen) atoms. The monoisotopic (exact) mass is 1230 g/mol. The molecule has 0 aliphatic carbocycles. The summed E-state index contributed by atoms with van der Waals surface area (Å²) >= 11 is 4.95. The highest BCUT2D eigenvalue weighted by Crippen LogP contribution is 2.51. The van der Waals surface area contributed by atoms with Gasteiger partial charge in [0.2, 0.25) is 5.91 Å². The zero-order valence-electron chi connectivity index (χ0n) is 46.4. The van der Waals surface area contributed by atoms with Gasteiger partial charge in [0.25, 0.3) is 0 Å². The summed E-state index contributed by atoms with van der Waals surface area (Å²) in [6.45, 7) is 16.8. The standard InChI is InChI=1S/C57H81FIN3O13S2/c1-30-27-55(7,68)51(32(3)47(73-45-28-56(8,70-12)50(66)35(6)72-45)33(4)52(67)75-54(59)57(9,69)49(65)34(5)62(11)29-30)74-53-46(64)41(24-31(2)71-53)61(10)23-15-22-60-44(63)21-19-37-26-39-38-16-13-14-17-42(38)77-43-20-18-36(58)25-40(43)48(39)76-37/h13-14,16-21,25-26,30-35,41,45-47,49-51,53-54,64-66,68-69H,15,22-24,27-29H2,1-12H3,(H,60,63)/b21-19+/t30-,31-,32+,33-,34-,35+,41+,45+,46-,47+,49-,50+,51-,53+,54+,55-,56-,57+/m1/s1. The normalized spacial score (nSPS) is 37.7. The van der Waals surface area contributed by atoms with Crippen molar-refractivity contribution in [3.05, 3.63) is 65.3 Å². The Morgan fingerprint density at radius 2 is 1.66 bits per heavy atom. The fourth-order valence-corrected chi connectivity index (χ4v) is 14.4. The lowest BCUT2D eigenvalue weighted by atomic mass is 9.77. The van der Waals surface area contributed by atoms with Crippen LogP contribution in [0.25, 0.3) is 27.6 Å². The molecular weight excluding hydrogens is 1140 g/mol. The van der Waals surface area contributed by atoms with E-state index < -0.39 is 100 Å². The van der Waals surface area contributed by atoms with E-state index in [1.807, 2.05) is 84.6 Å². The van der Waals surface area contributed by atoms with Gasteiger partial charge in [-0.3, -0.25) is 9.59 Å². The number of aliphatic hydroxyl groups excluding tert-OH is 3.